The summed E-state index contributed by atoms with van der Waals surface area (Å²) >= 11 is 0. The van der Waals surface area contributed by atoms with E-state index >= 15 is 0 Å². The van der Waals surface area contributed by atoms with Gasteiger partial charge in [0.25, 0.3) is 0 Å². The second-order valence-corrected chi connectivity index (χ2v) is 6.87. The molecule has 5 heteroatoms. The summed E-state index contributed by atoms with van der Waals surface area (Å²) in [4.78, 5) is 16.8. The van der Waals surface area contributed by atoms with Gasteiger partial charge in [0, 0.05) is 25.7 Å². The number of rotatable bonds is 3. The Labute approximate surface area is 143 Å². The number of hydrogen-bond donors (Lipinski definition) is 1. The third-order valence-corrected chi connectivity index (χ3v) is 5.09. The Morgan fingerprint density at radius 2 is 2.21 bits per heavy atom. The SMILES string of the molecule is CC(NC(=O)N1CCCC1c1cccc(F)c1)C1=CCN(C)CC1. The summed E-state index contributed by atoms with van der Waals surface area (Å²) in [6.07, 6.45) is 5.04. The van der Waals surface area contributed by atoms with E-state index in [-0.39, 0.29) is 23.9 Å². The minimum absolute atomic E-state index is 0.0284. The normalized spacial score (nSPS) is 23.0. The maximum Gasteiger partial charge on any atom is 0.318 e. The fourth-order valence-corrected chi connectivity index (χ4v) is 3.61. The third-order valence-electron chi connectivity index (χ3n) is 5.09. The van der Waals surface area contributed by atoms with Gasteiger partial charge in [0.2, 0.25) is 0 Å². The van der Waals surface area contributed by atoms with Crippen LogP contribution in [0.3, 0.4) is 0 Å². The first-order chi connectivity index (χ1) is 11.5. The van der Waals surface area contributed by atoms with Crippen LogP contribution in [0.2, 0.25) is 0 Å². The summed E-state index contributed by atoms with van der Waals surface area (Å²) in [5, 5.41) is 3.13. The van der Waals surface area contributed by atoms with Crippen LogP contribution in [0.4, 0.5) is 9.18 Å². The lowest BCUT2D eigenvalue weighted by Crippen LogP contribution is -2.45. The van der Waals surface area contributed by atoms with E-state index in [9.17, 15) is 9.18 Å². The highest BCUT2D eigenvalue weighted by molar-refractivity contribution is 5.75. The Morgan fingerprint density at radius 3 is 2.92 bits per heavy atom. The first-order valence-electron chi connectivity index (χ1n) is 8.74. The van der Waals surface area contributed by atoms with Crippen molar-refractivity contribution < 1.29 is 9.18 Å². The highest BCUT2D eigenvalue weighted by Gasteiger charge is 2.31. The number of likely N-dealkylation sites (N-methyl/N-ethyl adjacent to an activating group) is 1. The molecule has 130 valence electrons. The molecule has 24 heavy (non-hydrogen) atoms. The molecule has 0 saturated carbocycles. The van der Waals surface area contributed by atoms with Gasteiger partial charge >= 0.3 is 6.03 Å². The van der Waals surface area contributed by atoms with Gasteiger partial charge in [-0.2, -0.15) is 0 Å². The smallest absolute Gasteiger partial charge is 0.318 e. The van der Waals surface area contributed by atoms with Crippen LogP contribution in [-0.2, 0) is 0 Å². The van der Waals surface area contributed by atoms with Crippen molar-refractivity contribution in [1.82, 2.24) is 15.1 Å². The van der Waals surface area contributed by atoms with Crippen LogP contribution < -0.4 is 5.32 Å². The standard InChI is InChI=1S/C19H26FN3O/c1-14(15-8-11-22(2)12-9-15)21-19(24)23-10-4-7-18(23)16-5-3-6-17(20)13-16/h3,5-6,8,13-14,18H,4,7,9-12H2,1-2H3,(H,21,24). The van der Waals surface area contributed by atoms with Crippen molar-refractivity contribution in [2.45, 2.75) is 38.3 Å². The van der Waals surface area contributed by atoms with Gasteiger partial charge in [0.05, 0.1) is 6.04 Å². The monoisotopic (exact) mass is 331 g/mol. The van der Waals surface area contributed by atoms with Gasteiger partial charge in [0.15, 0.2) is 0 Å². The van der Waals surface area contributed by atoms with E-state index in [0.29, 0.717) is 0 Å². The summed E-state index contributed by atoms with van der Waals surface area (Å²) < 4.78 is 13.5. The molecular weight excluding hydrogens is 305 g/mol. The number of nitrogens with zero attached hydrogens (tertiary/aromatic N) is 2. The highest BCUT2D eigenvalue weighted by Crippen LogP contribution is 2.32. The van der Waals surface area contributed by atoms with Gasteiger partial charge in [-0.1, -0.05) is 18.2 Å². The maximum absolute atomic E-state index is 13.5. The molecule has 0 bridgehead atoms. The van der Waals surface area contributed by atoms with E-state index in [1.54, 1.807) is 12.1 Å². The number of amides is 2. The predicted molar refractivity (Wildman–Crippen MR) is 93.3 cm³/mol. The highest BCUT2D eigenvalue weighted by atomic mass is 19.1. The number of carbonyl (C=O) groups is 1. The van der Waals surface area contributed by atoms with E-state index in [4.69, 9.17) is 0 Å². The zero-order valence-corrected chi connectivity index (χ0v) is 14.5. The topological polar surface area (TPSA) is 35.6 Å². The van der Waals surface area contributed by atoms with E-state index in [2.05, 4.69) is 23.3 Å². The fourth-order valence-electron chi connectivity index (χ4n) is 3.61. The average Bonchev–Trinajstić information content (AvgIpc) is 3.05. The first kappa shape index (κ1) is 17.0. The third kappa shape index (κ3) is 3.78. The molecule has 1 N–H and O–H groups in total. The summed E-state index contributed by atoms with van der Waals surface area (Å²) in [5.74, 6) is -0.246. The van der Waals surface area contributed by atoms with Crippen LogP contribution >= 0.6 is 0 Å². The van der Waals surface area contributed by atoms with Crippen molar-refractivity contribution in [3.63, 3.8) is 0 Å². The second-order valence-electron chi connectivity index (χ2n) is 6.87. The van der Waals surface area contributed by atoms with Crippen molar-refractivity contribution in [1.29, 1.82) is 0 Å². The summed E-state index contributed by atoms with van der Waals surface area (Å²) in [7, 11) is 2.10. The number of carbonyl (C=O) groups excluding carboxylic acids is 1. The molecule has 0 aromatic heterocycles. The lowest BCUT2D eigenvalue weighted by atomic mass is 10.0. The van der Waals surface area contributed by atoms with Crippen molar-refractivity contribution in [2.75, 3.05) is 26.7 Å². The van der Waals surface area contributed by atoms with E-state index in [1.807, 2.05) is 17.9 Å². The van der Waals surface area contributed by atoms with Crippen LogP contribution in [0.15, 0.2) is 35.9 Å². The molecule has 0 aliphatic carbocycles. The maximum atomic E-state index is 13.5. The molecule has 2 unspecified atom stereocenters. The van der Waals surface area contributed by atoms with Gasteiger partial charge in [-0.05, 0) is 56.5 Å². The molecule has 2 aliphatic heterocycles. The Morgan fingerprint density at radius 1 is 1.38 bits per heavy atom. The Hall–Kier alpha value is -1.88. The van der Waals surface area contributed by atoms with Crippen LogP contribution in [0, 0.1) is 5.82 Å². The lowest BCUT2D eigenvalue weighted by Gasteiger charge is -2.30. The van der Waals surface area contributed by atoms with Crippen molar-refractivity contribution >= 4 is 6.03 Å². The number of nitrogens with one attached hydrogen (secondary N) is 1. The van der Waals surface area contributed by atoms with E-state index in [0.717, 1.165) is 44.5 Å². The number of likely N-dealkylation sites (tertiary alicyclic amines) is 1. The van der Waals surface area contributed by atoms with Gasteiger partial charge in [0.1, 0.15) is 5.82 Å². The zero-order valence-electron chi connectivity index (χ0n) is 14.5. The minimum atomic E-state index is -0.246. The van der Waals surface area contributed by atoms with Crippen molar-refractivity contribution in [2.24, 2.45) is 0 Å². The van der Waals surface area contributed by atoms with E-state index in [1.165, 1.54) is 11.6 Å². The number of halogens is 1. The van der Waals surface area contributed by atoms with Crippen LogP contribution in [0.25, 0.3) is 0 Å². The molecule has 1 aromatic carbocycles. The number of hydrogen-bond acceptors (Lipinski definition) is 2. The van der Waals surface area contributed by atoms with Gasteiger partial charge in [-0.25, -0.2) is 9.18 Å². The van der Waals surface area contributed by atoms with Gasteiger partial charge in [-0.15, -0.1) is 0 Å². The minimum Gasteiger partial charge on any atom is -0.332 e. The number of benzene rings is 1. The van der Waals surface area contributed by atoms with E-state index < -0.39 is 0 Å². The fraction of sp³-hybridized carbons (Fsp3) is 0.526. The molecule has 0 radical (unpaired) electrons. The molecule has 2 aliphatic rings. The summed E-state index contributed by atoms with van der Waals surface area (Å²) in [5.41, 5.74) is 2.18. The molecule has 1 aromatic rings. The molecule has 2 amide bonds. The molecule has 3 rings (SSSR count). The Kier molecular flexibility index (Phi) is 5.19. The Bertz CT molecular complexity index is 631. The van der Waals surface area contributed by atoms with Crippen LogP contribution in [-0.4, -0.2) is 48.6 Å². The largest absolute Gasteiger partial charge is 0.332 e. The van der Waals surface area contributed by atoms with Crippen molar-refractivity contribution in [3.05, 3.63) is 47.3 Å². The second kappa shape index (κ2) is 7.34. The van der Waals surface area contributed by atoms with Crippen LogP contribution in [0.5, 0.6) is 0 Å². The zero-order chi connectivity index (χ0) is 17.1. The Balaban J connectivity index is 1.65. The molecule has 0 spiro atoms. The lowest BCUT2D eigenvalue weighted by molar-refractivity contribution is 0.190. The molecule has 2 atom stereocenters. The summed E-state index contributed by atoms with van der Waals surface area (Å²) in [6, 6.07) is 6.57. The summed E-state index contributed by atoms with van der Waals surface area (Å²) in [6.45, 7) is 4.73. The molecule has 4 nitrogen and oxygen atoms in total. The quantitative estimate of drug-likeness (QED) is 0.863. The molecule has 2 heterocycles. The van der Waals surface area contributed by atoms with Crippen molar-refractivity contribution in [3.8, 4) is 0 Å². The predicted octanol–water partition coefficient (Wildman–Crippen LogP) is 3.32. The first-order valence-corrected chi connectivity index (χ1v) is 8.74. The van der Waals surface area contributed by atoms with Crippen LogP contribution in [0.1, 0.15) is 37.8 Å². The molecular formula is C19H26FN3O. The average molecular weight is 331 g/mol. The molecule has 1 saturated heterocycles. The number of urea groups is 1. The van der Waals surface area contributed by atoms with Gasteiger partial charge in [-0.3, -0.25) is 0 Å². The van der Waals surface area contributed by atoms with Gasteiger partial charge < -0.3 is 15.1 Å². The molecule has 1 fully saturated rings.